The average molecular weight is 417 g/mol. The van der Waals surface area contributed by atoms with Gasteiger partial charge in [0.1, 0.15) is 6.54 Å². The molecule has 2 aromatic carbocycles. The molecule has 0 radical (unpaired) electrons. The van der Waals surface area contributed by atoms with Crippen molar-refractivity contribution in [3.8, 4) is 11.5 Å². The largest absolute Gasteiger partial charge is 0.493 e. The molecule has 1 heterocycles. The third kappa shape index (κ3) is 4.76. The molecule has 1 aliphatic carbocycles. The van der Waals surface area contributed by atoms with E-state index < -0.39 is 0 Å². The van der Waals surface area contributed by atoms with Crippen molar-refractivity contribution in [2.24, 2.45) is 11.8 Å². The first-order valence-corrected chi connectivity index (χ1v) is 10.3. The van der Waals surface area contributed by atoms with Crippen LogP contribution in [0.2, 0.25) is 0 Å². The number of carbonyl (C=O) groups excluding carboxylic acids is 1. The highest BCUT2D eigenvalue weighted by Gasteiger charge is 2.35. The molecule has 0 aromatic heterocycles. The lowest BCUT2D eigenvalue weighted by Gasteiger charge is -2.30. The SMILES string of the molecule is COc1cc2c(cc1OC)C(=O)C(CC1CC[NH+](Cc3ccccc3)CC1)C2.Cl. The Labute approximate surface area is 179 Å². The summed E-state index contributed by atoms with van der Waals surface area (Å²) in [6.45, 7) is 3.52. The Morgan fingerprint density at radius 1 is 1.00 bits per heavy atom. The van der Waals surface area contributed by atoms with Crippen molar-refractivity contribution >= 4 is 18.2 Å². The van der Waals surface area contributed by atoms with Crippen LogP contribution in [0.1, 0.15) is 40.7 Å². The summed E-state index contributed by atoms with van der Waals surface area (Å²) in [6.07, 6.45) is 4.28. The van der Waals surface area contributed by atoms with Gasteiger partial charge in [0.25, 0.3) is 0 Å². The lowest BCUT2D eigenvalue weighted by Crippen LogP contribution is -3.11. The van der Waals surface area contributed by atoms with Crippen molar-refractivity contribution in [1.29, 1.82) is 0 Å². The van der Waals surface area contributed by atoms with E-state index in [9.17, 15) is 4.79 Å². The topological polar surface area (TPSA) is 40.0 Å². The number of rotatable bonds is 6. The van der Waals surface area contributed by atoms with Crippen LogP contribution in [-0.4, -0.2) is 33.1 Å². The number of methoxy groups -OCH3 is 2. The number of carbonyl (C=O) groups is 1. The Hall–Kier alpha value is -2.04. The second-order valence-corrected chi connectivity index (χ2v) is 8.22. The Morgan fingerprint density at radius 2 is 1.66 bits per heavy atom. The summed E-state index contributed by atoms with van der Waals surface area (Å²) in [7, 11) is 3.26. The average Bonchev–Trinajstić information content (AvgIpc) is 3.03. The second-order valence-electron chi connectivity index (χ2n) is 8.22. The second kappa shape index (κ2) is 9.64. The summed E-state index contributed by atoms with van der Waals surface area (Å²) < 4.78 is 10.8. The van der Waals surface area contributed by atoms with Crippen molar-refractivity contribution in [1.82, 2.24) is 0 Å². The number of Topliss-reactive ketones (excluding diaryl/α,β-unsaturated/α-hetero) is 1. The highest BCUT2D eigenvalue weighted by atomic mass is 35.5. The number of ketones is 1. The molecule has 1 saturated heterocycles. The fraction of sp³-hybridized carbons (Fsp3) is 0.458. The minimum absolute atomic E-state index is 0. The summed E-state index contributed by atoms with van der Waals surface area (Å²) >= 11 is 0. The first-order chi connectivity index (χ1) is 13.7. The molecule has 4 rings (SSSR count). The van der Waals surface area contributed by atoms with Crippen molar-refractivity contribution in [3.05, 3.63) is 59.2 Å². The fourth-order valence-electron chi connectivity index (χ4n) is 4.87. The number of nitrogens with one attached hydrogen (secondary N) is 1. The van der Waals surface area contributed by atoms with Crippen LogP contribution in [0.25, 0.3) is 0 Å². The van der Waals surface area contributed by atoms with Gasteiger partial charge in [-0.05, 0) is 49.3 Å². The lowest BCUT2D eigenvalue weighted by atomic mass is 9.85. The molecule has 2 aliphatic rings. The molecule has 5 heteroatoms. The molecular weight excluding hydrogens is 386 g/mol. The first-order valence-electron chi connectivity index (χ1n) is 10.3. The number of fused-ring (bicyclic) bond motifs is 1. The van der Waals surface area contributed by atoms with Crippen LogP contribution in [0.3, 0.4) is 0 Å². The molecule has 2 aromatic rings. The lowest BCUT2D eigenvalue weighted by molar-refractivity contribution is -0.919. The third-order valence-corrected chi connectivity index (χ3v) is 6.44. The predicted molar refractivity (Wildman–Crippen MR) is 117 cm³/mol. The minimum Gasteiger partial charge on any atom is -0.493 e. The summed E-state index contributed by atoms with van der Waals surface area (Å²) in [5.41, 5.74) is 3.36. The van der Waals surface area contributed by atoms with Gasteiger partial charge < -0.3 is 14.4 Å². The van der Waals surface area contributed by atoms with Crippen molar-refractivity contribution in [3.63, 3.8) is 0 Å². The number of benzene rings is 2. The summed E-state index contributed by atoms with van der Waals surface area (Å²) in [5, 5.41) is 0. The van der Waals surface area contributed by atoms with Crippen LogP contribution >= 0.6 is 12.4 Å². The number of quaternary nitrogens is 1. The molecule has 1 unspecified atom stereocenters. The van der Waals surface area contributed by atoms with Gasteiger partial charge in [0.2, 0.25) is 0 Å². The molecule has 0 saturated carbocycles. The van der Waals surface area contributed by atoms with Gasteiger partial charge in [-0.2, -0.15) is 0 Å². The number of hydrogen-bond donors (Lipinski definition) is 1. The number of halogens is 1. The zero-order valence-corrected chi connectivity index (χ0v) is 18.1. The van der Waals surface area contributed by atoms with Gasteiger partial charge in [0, 0.05) is 17.0 Å². The molecule has 4 nitrogen and oxygen atoms in total. The number of likely N-dealkylation sites (tertiary alicyclic amines) is 1. The molecule has 0 spiro atoms. The minimum atomic E-state index is 0. The Balaban J connectivity index is 0.00000240. The van der Waals surface area contributed by atoms with E-state index in [0.717, 1.165) is 30.5 Å². The predicted octanol–water partition coefficient (Wildman–Crippen LogP) is 3.37. The van der Waals surface area contributed by atoms with E-state index in [2.05, 4.69) is 30.3 Å². The highest BCUT2D eigenvalue weighted by Crippen LogP contribution is 2.39. The zero-order valence-electron chi connectivity index (χ0n) is 17.3. The van der Waals surface area contributed by atoms with Crippen molar-refractivity contribution in [2.75, 3.05) is 27.3 Å². The monoisotopic (exact) mass is 416 g/mol. The molecular formula is C24H31ClNO3+. The zero-order chi connectivity index (χ0) is 19.5. The first kappa shape index (κ1) is 21.7. The highest BCUT2D eigenvalue weighted by molar-refractivity contribution is 6.02. The van der Waals surface area contributed by atoms with Crippen molar-refractivity contribution in [2.45, 2.75) is 32.2 Å². The Morgan fingerprint density at radius 3 is 2.31 bits per heavy atom. The van der Waals surface area contributed by atoms with Crippen molar-refractivity contribution < 1.29 is 19.2 Å². The van der Waals surface area contributed by atoms with Crippen LogP contribution in [0.15, 0.2) is 42.5 Å². The molecule has 156 valence electrons. The molecule has 1 atom stereocenters. The standard InChI is InChI=1S/C24H29NO3.ClH/c1-27-22-14-19-13-20(24(26)21(19)15-23(22)28-2)12-17-8-10-25(11-9-17)16-18-6-4-3-5-7-18;/h3-7,14-15,17,20H,8-13,16H2,1-2H3;1H/p+1. The summed E-state index contributed by atoms with van der Waals surface area (Å²) in [4.78, 5) is 14.6. The van der Waals surface area contributed by atoms with E-state index >= 15 is 0 Å². The van der Waals surface area contributed by atoms with Gasteiger partial charge in [-0.1, -0.05) is 30.3 Å². The van der Waals surface area contributed by atoms with Gasteiger partial charge in [-0.25, -0.2) is 0 Å². The van der Waals surface area contributed by atoms with E-state index in [1.165, 1.54) is 31.5 Å². The van der Waals surface area contributed by atoms with Crippen LogP contribution < -0.4 is 14.4 Å². The van der Waals surface area contributed by atoms with Crippen LogP contribution in [0.5, 0.6) is 11.5 Å². The summed E-state index contributed by atoms with van der Waals surface area (Å²) in [6, 6.07) is 14.6. The smallest absolute Gasteiger partial charge is 0.166 e. The van der Waals surface area contributed by atoms with Crippen LogP contribution in [0.4, 0.5) is 0 Å². The Kier molecular flexibility index (Phi) is 7.20. The maximum Gasteiger partial charge on any atom is 0.166 e. The van der Waals surface area contributed by atoms with Gasteiger partial charge in [0.05, 0.1) is 27.3 Å². The normalized spacial score (nSPS) is 23.2. The molecule has 29 heavy (non-hydrogen) atoms. The maximum atomic E-state index is 12.9. The van der Waals surface area contributed by atoms with E-state index in [0.29, 0.717) is 17.4 Å². The van der Waals surface area contributed by atoms with Crippen LogP contribution in [0, 0.1) is 11.8 Å². The van der Waals surface area contributed by atoms with Crippen LogP contribution in [-0.2, 0) is 13.0 Å². The van der Waals surface area contributed by atoms with Gasteiger partial charge in [-0.15, -0.1) is 12.4 Å². The number of hydrogen-bond acceptors (Lipinski definition) is 3. The van der Waals surface area contributed by atoms with E-state index in [-0.39, 0.29) is 24.1 Å². The third-order valence-electron chi connectivity index (χ3n) is 6.44. The number of ether oxygens (including phenoxy) is 2. The molecule has 0 bridgehead atoms. The maximum absolute atomic E-state index is 12.9. The quantitative estimate of drug-likeness (QED) is 0.784. The number of piperidine rings is 1. The molecule has 1 N–H and O–H groups in total. The summed E-state index contributed by atoms with van der Waals surface area (Å²) in [5.74, 6) is 2.43. The van der Waals surface area contributed by atoms with E-state index in [4.69, 9.17) is 9.47 Å². The Bertz CT molecular complexity index is 832. The molecule has 1 fully saturated rings. The van der Waals surface area contributed by atoms with E-state index in [1.807, 2.05) is 12.1 Å². The van der Waals surface area contributed by atoms with Gasteiger partial charge >= 0.3 is 0 Å². The van der Waals surface area contributed by atoms with E-state index in [1.54, 1.807) is 19.1 Å². The fourth-order valence-corrected chi connectivity index (χ4v) is 4.87. The van der Waals surface area contributed by atoms with Gasteiger partial charge in [-0.3, -0.25) is 4.79 Å². The molecule has 0 amide bonds. The van der Waals surface area contributed by atoms with Gasteiger partial charge in [0.15, 0.2) is 17.3 Å². The molecule has 1 aliphatic heterocycles.